The van der Waals surface area contributed by atoms with E-state index in [-0.39, 0.29) is 92.9 Å². The molecule has 20 nitrogen and oxygen atoms in total. The number of ether oxygens (including phenoxy) is 6. The summed E-state index contributed by atoms with van der Waals surface area (Å²) in [4.78, 5) is 74.3. The zero-order chi connectivity index (χ0) is 89.1. The molecule has 0 saturated carbocycles. The van der Waals surface area contributed by atoms with E-state index in [0.29, 0.717) is 130 Å². The van der Waals surface area contributed by atoms with Crippen LogP contribution in [0.2, 0.25) is 72.5 Å². The van der Waals surface area contributed by atoms with E-state index in [4.69, 9.17) is 46.1 Å². The molecule has 1 aliphatic heterocycles. The highest BCUT2D eigenvalue weighted by molar-refractivity contribution is 6.75. The summed E-state index contributed by atoms with van der Waals surface area (Å²) in [5, 5.41) is 11.6. The van der Waals surface area contributed by atoms with Crippen LogP contribution in [-0.4, -0.2) is 236 Å². The standard InChI is InChI=1S/C94H190N4O16Si4/c1-27-31-35-39-57-85(99)105-67-47-43-53-81(111-115(19,20)91(7,8)9)75-95(76-82(112-116(21,22)92(10,11)12)54-44-48-68-106-86(100)58-40-36-32-28-2)63-51-61-89(103)109-71-65-97-73-80(6)98(74-79(97)5)66-72-110-90(104)62-52-64-96(77-83(113-117(23,24)93(13,14)15)55-45-49-69-107-87(101)59-41-37-33-29-3)78-84(114-118(25,26)94(16,17)18)56-46-50-70-108-88(102)60-42-38-34-30-4/h79-84,89,103H,27-78H2,1-26H3. The molecule has 1 rings (SSSR count). The molecule has 0 radical (unpaired) electrons. The summed E-state index contributed by atoms with van der Waals surface area (Å²) < 4.78 is 64.6. The molecule has 118 heavy (non-hydrogen) atoms. The molecule has 0 aromatic rings. The maximum Gasteiger partial charge on any atom is 0.305 e. The van der Waals surface area contributed by atoms with Gasteiger partial charge in [-0.15, -0.1) is 0 Å². The predicted octanol–water partition coefficient (Wildman–Crippen LogP) is 22.7. The van der Waals surface area contributed by atoms with Gasteiger partial charge < -0.3 is 51.2 Å². The number of rotatable bonds is 71. The van der Waals surface area contributed by atoms with Gasteiger partial charge in [-0.3, -0.25) is 43.6 Å². The van der Waals surface area contributed by atoms with E-state index in [1.54, 1.807) is 0 Å². The zero-order valence-corrected chi connectivity index (χ0v) is 85.7. The smallest absolute Gasteiger partial charge is 0.305 e. The summed E-state index contributed by atoms with van der Waals surface area (Å²) in [5.74, 6) is -0.630. The van der Waals surface area contributed by atoms with Crippen molar-refractivity contribution in [3.63, 3.8) is 0 Å². The molecule has 7 atom stereocenters. The molecule has 0 aromatic heterocycles. The molecule has 1 aliphatic rings. The van der Waals surface area contributed by atoms with Gasteiger partial charge in [-0.25, -0.2) is 0 Å². The van der Waals surface area contributed by atoms with Crippen LogP contribution in [0.3, 0.4) is 0 Å². The average molecular weight is 1740 g/mol. The Morgan fingerprint density at radius 2 is 0.576 bits per heavy atom. The van der Waals surface area contributed by atoms with Crippen LogP contribution >= 0.6 is 0 Å². The lowest BCUT2D eigenvalue weighted by Gasteiger charge is -2.44. The second-order valence-corrected chi connectivity index (χ2v) is 60.1. The molecule has 1 saturated heterocycles. The summed E-state index contributed by atoms with van der Waals surface area (Å²) in [6.45, 7) is 68.7. The lowest BCUT2D eigenvalue weighted by atomic mass is 10.1. The molecule has 0 bridgehead atoms. The molecular formula is C94H190N4O16Si4. The first-order valence-electron chi connectivity index (χ1n) is 47.9. The Morgan fingerprint density at radius 1 is 0.331 bits per heavy atom. The van der Waals surface area contributed by atoms with E-state index in [1.807, 2.05) is 0 Å². The Balaban J connectivity index is 3.33. The first kappa shape index (κ1) is 114. The van der Waals surface area contributed by atoms with Gasteiger partial charge in [0.25, 0.3) is 0 Å². The minimum absolute atomic E-state index is 0.000664. The van der Waals surface area contributed by atoms with Crippen molar-refractivity contribution in [2.75, 3.05) is 105 Å². The molecular weight excluding hydrogens is 1550 g/mol. The fourth-order valence-electron chi connectivity index (χ4n) is 14.1. The van der Waals surface area contributed by atoms with Crippen molar-refractivity contribution < 1.29 is 75.2 Å². The Bertz CT molecular complexity index is 2480. The Kier molecular flexibility index (Phi) is 59.1. The molecule has 1 heterocycles. The fraction of sp³-hybridized carbons (Fsp3) is 0.947. The highest BCUT2D eigenvalue weighted by Crippen LogP contribution is 2.42. The van der Waals surface area contributed by atoms with Gasteiger partial charge in [-0.1, -0.05) is 188 Å². The van der Waals surface area contributed by atoms with E-state index in [0.717, 1.165) is 199 Å². The quantitative estimate of drug-likeness (QED) is 0.0197. The normalized spacial score (nSPS) is 16.6. The SMILES string of the molecule is CCCCCCC(=O)OCCCCC(CN(CCCC(=O)OCCN1CC(C)N(CCOC(O)CCCN(CC(CCCCOC(=O)CCCCCC)O[Si](C)(C)C(C)(C)C)CC(CCCCOC(=O)CCCCCC)O[Si](C)(C)C(C)(C)C)CC1C)CC(CCCCOC(=O)CCCCCC)O[Si](C)(C)C(C)(C)C)O[Si](C)(C)C(C)(C)C. The van der Waals surface area contributed by atoms with Crippen molar-refractivity contribution >= 4 is 63.1 Å². The van der Waals surface area contributed by atoms with Crippen LogP contribution in [0.5, 0.6) is 0 Å². The molecule has 0 aliphatic carbocycles. The summed E-state index contributed by atoms with van der Waals surface area (Å²) in [7, 11) is -8.95. The Labute approximate surface area is 729 Å². The molecule has 0 spiro atoms. The van der Waals surface area contributed by atoms with Gasteiger partial charge in [0.05, 0.1) is 57.5 Å². The molecule has 24 heteroatoms. The molecule has 1 fully saturated rings. The number of esters is 5. The van der Waals surface area contributed by atoms with Crippen molar-refractivity contribution in [3.05, 3.63) is 0 Å². The van der Waals surface area contributed by atoms with Gasteiger partial charge in [-0.05, 0) is 221 Å². The molecule has 1 N–H and O–H groups in total. The van der Waals surface area contributed by atoms with Gasteiger partial charge in [0.15, 0.2) is 39.6 Å². The minimum atomic E-state index is -2.24. The van der Waals surface area contributed by atoms with Crippen LogP contribution in [0.1, 0.15) is 356 Å². The van der Waals surface area contributed by atoms with Gasteiger partial charge in [0, 0.05) is 96.5 Å². The van der Waals surface area contributed by atoms with Crippen LogP contribution in [0.25, 0.3) is 0 Å². The highest BCUT2D eigenvalue weighted by atomic mass is 28.4. The van der Waals surface area contributed by atoms with E-state index < -0.39 is 39.6 Å². The first-order chi connectivity index (χ1) is 55.2. The van der Waals surface area contributed by atoms with Crippen LogP contribution in [0.4, 0.5) is 0 Å². The van der Waals surface area contributed by atoms with Gasteiger partial charge in [0.1, 0.15) is 6.61 Å². The predicted molar refractivity (Wildman–Crippen MR) is 499 cm³/mol. The van der Waals surface area contributed by atoms with E-state index >= 15 is 0 Å². The topological polar surface area (TPSA) is 211 Å². The van der Waals surface area contributed by atoms with Crippen molar-refractivity contribution in [2.45, 2.75) is 471 Å². The van der Waals surface area contributed by atoms with Gasteiger partial charge in [-0.2, -0.15) is 0 Å². The summed E-state index contributed by atoms with van der Waals surface area (Å²) in [6, 6.07) is 0.437. The third kappa shape index (κ3) is 52.7. The number of piperazine rings is 1. The van der Waals surface area contributed by atoms with Crippen LogP contribution < -0.4 is 0 Å². The number of hydrogen-bond acceptors (Lipinski definition) is 20. The van der Waals surface area contributed by atoms with Gasteiger partial charge >= 0.3 is 29.8 Å². The number of hydrogen-bond donors (Lipinski definition) is 1. The number of unbranched alkanes of at least 4 members (excludes halogenated alkanes) is 16. The largest absolute Gasteiger partial charge is 0.466 e. The third-order valence-electron chi connectivity index (χ3n) is 25.9. The number of carbonyl (C=O) groups excluding carboxylic acids is 5. The second kappa shape index (κ2) is 61.3. The Morgan fingerprint density at radius 3 is 0.839 bits per heavy atom. The number of carbonyl (C=O) groups is 5. The van der Waals surface area contributed by atoms with Crippen molar-refractivity contribution in [1.82, 2.24) is 19.6 Å². The summed E-state index contributed by atoms with van der Waals surface area (Å²) in [6.07, 6.45) is 29.4. The zero-order valence-electron chi connectivity index (χ0n) is 81.7. The molecule has 0 amide bonds. The van der Waals surface area contributed by atoms with Crippen LogP contribution in [-0.2, 0) is 70.1 Å². The Hall–Kier alpha value is -2.18. The second-order valence-electron chi connectivity index (χ2n) is 41.1. The number of aliphatic hydroxyl groups is 1. The van der Waals surface area contributed by atoms with Gasteiger partial charge in [0.2, 0.25) is 0 Å². The van der Waals surface area contributed by atoms with Crippen molar-refractivity contribution in [3.8, 4) is 0 Å². The third-order valence-corrected chi connectivity index (χ3v) is 44.1. The fourth-order valence-corrected chi connectivity index (χ4v) is 19.6. The van der Waals surface area contributed by atoms with Crippen molar-refractivity contribution in [1.29, 1.82) is 0 Å². The molecule has 7 unspecified atom stereocenters. The van der Waals surface area contributed by atoms with E-state index in [9.17, 15) is 29.1 Å². The maximum absolute atomic E-state index is 13.8. The van der Waals surface area contributed by atoms with E-state index in [2.05, 4.69) is 197 Å². The monoisotopic (exact) mass is 1740 g/mol. The minimum Gasteiger partial charge on any atom is -0.466 e. The summed E-state index contributed by atoms with van der Waals surface area (Å²) in [5.41, 5.74) is 0. The number of aliphatic hydroxyl groups excluding tert-OH is 1. The van der Waals surface area contributed by atoms with Crippen LogP contribution in [0.15, 0.2) is 0 Å². The summed E-state index contributed by atoms with van der Waals surface area (Å²) >= 11 is 0. The highest BCUT2D eigenvalue weighted by Gasteiger charge is 2.44. The lowest BCUT2D eigenvalue weighted by Crippen LogP contribution is -2.57. The number of nitrogens with zero attached hydrogens (tertiary/aromatic N) is 4. The van der Waals surface area contributed by atoms with E-state index in [1.165, 1.54) is 0 Å². The molecule has 698 valence electrons. The first-order valence-corrected chi connectivity index (χ1v) is 59.6. The van der Waals surface area contributed by atoms with Crippen molar-refractivity contribution in [2.24, 2.45) is 0 Å². The molecule has 0 aromatic carbocycles. The average Bonchev–Trinajstić information content (AvgIpc) is 0.844. The maximum atomic E-state index is 13.8. The lowest BCUT2D eigenvalue weighted by molar-refractivity contribution is -0.145. The van der Waals surface area contributed by atoms with Crippen LogP contribution in [0, 0.1) is 0 Å².